The second-order valence-corrected chi connectivity index (χ2v) is 10.5. The quantitative estimate of drug-likeness (QED) is 0.344. The third kappa shape index (κ3) is 5.35. The molecule has 0 aliphatic rings. The fourth-order valence-corrected chi connectivity index (χ4v) is 4.26. The van der Waals surface area contributed by atoms with Crippen LogP contribution in [0.3, 0.4) is 0 Å². The van der Waals surface area contributed by atoms with E-state index in [0.29, 0.717) is 33.8 Å². The second-order valence-electron chi connectivity index (χ2n) is 9.37. The third-order valence-corrected chi connectivity index (χ3v) is 7.09. The van der Waals surface area contributed by atoms with E-state index < -0.39 is 0 Å². The zero-order valence-electron chi connectivity index (χ0n) is 20.4. The van der Waals surface area contributed by atoms with Crippen LogP contribution in [0.4, 0.5) is 0 Å². The molecule has 1 atom stereocenters. The smallest absolute Gasteiger partial charge is 0.261 e. The van der Waals surface area contributed by atoms with Crippen molar-refractivity contribution in [1.82, 2.24) is 25.6 Å². The highest BCUT2D eigenvalue weighted by atomic mass is 32.1. The summed E-state index contributed by atoms with van der Waals surface area (Å²) in [6.07, 6.45) is 3.27. The first kappa shape index (κ1) is 24.4. The molecule has 0 radical (unpaired) electrons. The molecule has 3 heterocycles. The van der Waals surface area contributed by atoms with Gasteiger partial charge in [-0.3, -0.25) is 9.59 Å². The van der Waals surface area contributed by atoms with Crippen molar-refractivity contribution in [3.8, 4) is 16.3 Å². The van der Waals surface area contributed by atoms with Crippen molar-refractivity contribution in [3.05, 3.63) is 64.8 Å². The number of aromatic nitrogens is 3. The molecule has 35 heavy (non-hydrogen) atoms. The van der Waals surface area contributed by atoms with Crippen molar-refractivity contribution in [1.29, 1.82) is 0 Å². The molecule has 0 aliphatic heterocycles. The number of ether oxygens (including phenoxy) is 1. The molecule has 1 unspecified atom stereocenters. The van der Waals surface area contributed by atoms with Gasteiger partial charge in [-0.2, -0.15) is 0 Å². The molecule has 3 N–H and O–H groups in total. The number of benzene rings is 1. The fourth-order valence-electron chi connectivity index (χ4n) is 3.38. The fraction of sp³-hybridized carbons (Fsp3) is 0.308. The van der Waals surface area contributed by atoms with Crippen molar-refractivity contribution in [2.75, 3.05) is 7.11 Å². The van der Waals surface area contributed by atoms with Crippen LogP contribution in [0.1, 0.15) is 53.3 Å². The molecule has 0 saturated heterocycles. The van der Waals surface area contributed by atoms with Gasteiger partial charge in [0.15, 0.2) is 5.65 Å². The summed E-state index contributed by atoms with van der Waals surface area (Å²) in [5.74, 6) is 0.346. The zero-order valence-corrected chi connectivity index (χ0v) is 21.2. The molecule has 182 valence electrons. The van der Waals surface area contributed by atoms with Crippen molar-refractivity contribution >= 4 is 34.3 Å². The van der Waals surface area contributed by atoms with Crippen LogP contribution >= 0.6 is 11.3 Å². The Labute approximate surface area is 208 Å². The van der Waals surface area contributed by atoms with Crippen LogP contribution in [0.5, 0.6) is 5.75 Å². The average molecular weight is 492 g/mol. The highest BCUT2D eigenvalue weighted by Crippen LogP contribution is 2.28. The number of rotatable bonds is 7. The molecule has 0 fully saturated rings. The van der Waals surface area contributed by atoms with E-state index in [1.807, 2.05) is 37.3 Å². The van der Waals surface area contributed by atoms with Gasteiger partial charge in [0.25, 0.3) is 11.8 Å². The molecule has 1 aromatic carbocycles. The first-order chi connectivity index (χ1) is 16.7. The summed E-state index contributed by atoms with van der Waals surface area (Å²) in [5.41, 5.74) is 2.90. The number of aromatic amines is 1. The number of hydrogen-bond donors (Lipinski definition) is 3. The van der Waals surface area contributed by atoms with Gasteiger partial charge in [0.2, 0.25) is 0 Å². The number of para-hydroxylation sites is 1. The maximum atomic E-state index is 12.9. The van der Waals surface area contributed by atoms with Gasteiger partial charge >= 0.3 is 0 Å². The monoisotopic (exact) mass is 491 g/mol. The summed E-state index contributed by atoms with van der Waals surface area (Å²) in [4.78, 5) is 39.1. The molecule has 8 nitrogen and oxygen atoms in total. The number of nitrogens with zero attached hydrogens (tertiary/aromatic N) is 2. The maximum absolute atomic E-state index is 12.9. The van der Waals surface area contributed by atoms with Crippen molar-refractivity contribution in [2.45, 2.75) is 40.3 Å². The van der Waals surface area contributed by atoms with Crippen molar-refractivity contribution in [2.24, 2.45) is 5.41 Å². The van der Waals surface area contributed by atoms with Gasteiger partial charge in [-0.25, -0.2) is 9.97 Å². The van der Waals surface area contributed by atoms with Crippen LogP contribution in [0.25, 0.3) is 21.7 Å². The van der Waals surface area contributed by atoms with Gasteiger partial charge in [0.05, 0.1) is 34.3 Å². The van der Waals surface area contributed by atoms with E-state index in [-0.39, 0.29) is 23.3 Å². The summed E-state index contributed by atoms with van der Waals surface area (Å²) in [6.45, 7) is 8.57. The number of H-pyrrole nitrogens is 1. The highest BCUT2D eigenvalue weighted by Gasteiger charge is 2.24. The lowest BCUT2D eigenvalue weighted by Gasteiger charge is -2.27. The van der Waals surface area contributed by atoms with Gasteiger partial charge in [-0.15, -0.1) is 11.3 Å². The van der Waals surface area contributed by atoms with Gasteiger partial charge in [0.1, 0.15) is 11.3 Å². The van der Waals surface area contributed by atoms with Crippen LogP contribution in [0.2, 0.25) is 0 Å². The molecular formula is C26H29N5O3S. The summed E-state index contributed by atoms with van der Waals surface area (Å²) >= 11 is 1.32. The van der Waals surface area contributed by atoms with Gasteiger partial charge in [-0.05, 0) is 30.5 Å². The highest BCUT2D eigenvalue weighted by molar-refractivity contribution is 7.17. The SMILES string of the molecule is COc1ccccc1CNC(=O)c1ccc(-c2cnc3[nH]cc(C(=O)NC(C)C(C)(C)C)c3n2)s1. The Balaban J connectivity index is 1.51. The second kappa shape index (κ2) is 9.87. The predicted molar refractivity (Wildman–Crippen MR) is 138 cm³/mol. The number of hydrogen-bond acceptors (Lipinski definition) is 6. The van der Waals surface area contributed by atoms with Crippen molar-refractivity contribution < 1.29 is 14.3 Å². The topological polar surface area (TPSA) is 109 Å². The van der Waals surface area contributed by atoms with Gasteiger partial charge in [-0.1, -0.05) is 39.0 Å². The molecule has 9 heteroatoms. The van der Waals surface area contributed by atoms with E-state index in [1.54, 1.807) is 25.6 Å². The Morgan fingerprint density at radius 1 is 1.14 bits per heavy atom. The summed E-state index contributed by atoms with van der Waals surface area (Å²) in [6, 6.07) is 11.1. The number of fused-ring (bicyclic) bond motifs is 1. The Morgan fingerprint density at radius 2 is 1.91 bits per heavy atom. The standard InChI is InChI=1S/C26H29N5O3S/c1-15(26(2,3)4)30-24(32)17-13-27-23-22(17)31-18(14-28-23)20-10-11-21(35-20)25(33)29-12-16-8-6-7-9-19(16)34-5/h6-11,13-15H,12H2,1-5H3,(H,27,28)(H,29,33)(H,30,32). The summed E-state index contributed by atoms with van der Waals surface area (Å²) < 4.78 is 5.34. The Hall–Kier alpha value is -3.72. The van der Waals surface area contributed by atoms with E-state index in [1.165, 1.54) is 11.3 Å². The predicted octanol–water partition coefficient (Wildman–Crippen LogP) is 4.79. The maximum Gasteiger partial charge on any atom is 0.261 e. The first-order valence-electron chi connectivity index (χ1n) is 11.3. The van der Waals surface area contributed by atoms with E-state index in [4.69, 9.17) is 9.72 Å². The van der Waals surface area contributed by atoms with Crippen LogP contribution in [-0.2, 0) is 6.54 Å². The number of amides is 2. The van der Waals surface area contributed by atoms with Gasteiger partial charge < -0.3 is 20.4 Å². The van der Waals surface area contributed by atoms with Crippen LogP contribution in [-0.4, -0.2) is 39.9 Å². The molecule has 0 aliphatic carbocycles. The largest absolute Gasteiger partial charge is 0.496 e. The van der Waals surface area contributed by atoms with E-state index in [0.717, 1.165) is 16.2 Å². The minimum atomic E-state index is -0.201. The van der Waals surface area contributed by atoms with Crippen LogP contribution in [0, 0.1) is 5.41 Å². The van der Waals surface area contributed by atoms with Crippen LogP contribution in [0.15, 0.2) is 48.8 Å². The minimum absolute atomic E-state index is 0.0229. The number of methoxy groups -OCH3 is 1. The lowest BCUT2D eigenvalue weighted by Crippen LogP contribution is -2.41. The molecule has 4 aromatic rings. The number of thiophene rings is 1. The van der Waals surface area contributed by atoms with E-state index >= 15 is 0 Å². The Bertz CT molecular complexity index is 1370. The third-order valence-electron chi connectivity index (χ3n) is 5.99. The number of nitrogens with one attached hydrogen (secondary N) is 3. The Kier molecular flexibility index (Phi) is 6.88. The lowest BCUT2D eigenvalue weighted by atomic mass is 9.88. The zero-order chi connectivity index (χ0) is 25.2. The minimum Gasteiger partial charge on any atom is -0.496 e. The molecule has 0 spiro atoms. The average Bonchev–Trinajstić information content (AvgIpc) is 3.49. The number of carbonyl (C=O) groups excluding carboxylic acids is 2. The molecule has 2 amide bonds. The molecule has 4 rings (SSSR count). The Morgan fingerprint density at radius 3 is 2.66 bits per heavy atom. The van der Waals surface area contributed by atoms with Crippen molar-refractivity contribution in [3.63, 3.8) is 0 Å². The van der Waals surface area contributed by atoms with E-state index in [9.17, 15) is 9.59 Å². The normalized spacial score (nSPS) is 12.4. The molecule has 0 bridgehead atoms. The molecule has 3 aromatic heterocycles. The lowest BCUT2D eigenvalue weighted by molar-refractivity contribution is 0.0910. The van der Waals surface area contributed by atoms with Gasteiger partial charge in [0, 0.05) is 24.3 Å². The molecular weight excluding hydrogens is 462 g/mol. The molecule has 0 saturated carbocycles. The van der Waals surface area contributed by atoms with Crippen LogP contribution < -0.4 is 15.4 Å². The number of carbonyl (C=O) groups is 2. The van der Waals surface area contributed by atoms with E-state index in [2.05, 4.69) is 41.4 Å². The first-order valence-corrected chi connectivity index (χ1v) is 12.1. The summed E-state index contributed by atoms with van der Waals surface area (Å²) in [7, 11) is 1.61. The summed E-state index contributed by atoms with van der Waals surface area (Å²) in [5, 5.41) is 5.97.